The zero-order chi connectivity index (χ0) is 24.2. The molecule has 0 saturated heterocycles. The van der Waals surface area contributed by atoms with Crippen molar-refractivity contribution in [1.29, 1.82) is 0 Å². The van der Waals surface area contributed by atoms with Crippen molar-refractivity contribution in [3.63, 3.8) is 0 Å². The minimum absolute atomic E-state index is 0. The zero-order valence-corrected chi connectivity index (χ0v) is 22.3. The first-order valence-corrected chi connectivity index (χ1v) is 10.2. The second kappa shape index (κ2) is 14.2. The zero-order valence-electron chi connectivity index (χ0n) is 19.4. The minimum atomic E-state index is -0.172. The fourth-order valence-electron chi connectivity index (χ4n) is 2.72. The molecule has 0 radical (unpaired) electrons. The third kappa shape index (κ3) is 8.01. The Balaban J connectivity index is 0.000000240. The van der Waals surface area contributed by atoms with E-state index in [1.54, 1.807) is 60.9 Å². The molecule has 9 heteroatoms. The molecule has 0 N–H and O–H groups in total. The van der Waals surface area contributed by atoms with Gasteiger partial charge in [0.15, 0.2) is 11.6 Å². The smallest absolute Gasteiger partial charge is 0.870 e. The number of methoxy groups -OCH3 is 2. The van der Waals surface area contributed by atoms with E-state index in [9.17, 15) is 10.2 Å². The molecular weight excluding hydrogens is 498 g/mol. The summed E-state index contributed by atoms with van der Waals surface area (Å²) in [5, 5.41) is 23.6. The van der Waals surface area contributed by atoms with Crippen LogP contribution in [0.2, 0.25) is 0 Å². The van der Waals surface area contributed by atoms with Crippen molar-refractivity contribution in [2.24, 2.45) is 9.98 Å². The number of hydrogen-bond acceptors (Lipinski definition) is 8. The average Bonchev–Trinajstić information content (AvgIpc) is 2.89. The van der Waals surface area contributed by atoms with Crippen LogP contribution >= 0.6 is 0 Å². The number of ether oxygens (including phenoxy) is 2. The summed E-state index contributed by atoms with van der Waals surface area (Å²) in [5.41, 5.74) is 0.963. The molecule has 8 nitrogen and oxygen atoms in total. The molecule has 4 rings (SSSR count). The maximum absolute atomic E-state index is 11.8. The maximum Gasteiger partial charge on any atom is 2.00 e. The van der Waals surface area contributed by atoms with E-state index in [2.05, 4.69) is 20.0 Å². The van der Waals surface area contributed by atoms with Gasteiger partial charge in [0, 0.05) is 24.8 Å². The van der Waals surface area contributed by atoms with Crippen molar-refractivity contribution in [2.75, 3.05) is 14.2 Å². The molecule has 2 heterocycles. The first kappa shape index (κ1) is 27.2. The van der Waals surface area contributed by atoms with Crippen molar-refractivity contribution in [3.05, 3.63) is 96.3 Å². The van der Waals surface area contributed by atoms with Crippen LogP contribution in [0.25, 0.3) is 0 Å². The van der Waals surface area contributed by atoms with Gasteiger partial charge in [-0.25, -0.2) is 20.0 Å². The van der Waals surface area contributed by atoms with Crippen LogP contribution < -0.4 is 19.7 Å². The first-order valence-electron chi connectivity index (χ1n) is 10.2. The summed E-state index contributed by atoms with van der Waals surface area (Å²) in [6, 6.07) is 21.0. The van der Waals surface area contributed by atoms with Crippen LogP contribution in [0.4, 0.5) is 11.6 Å². The number of pyridine rings is 2. The number of para-hydroxylation sites is 2. The van der Waals surface area contributed by atoms with E-state index in [1.807, 2.05) is 24.3 Å². The number of nitrogens with zero attached hydrogens (tertiary/aromatic N) is 4. The molecule has 172 valence electrons. The molecule has 0 amide bonds. The van der Waals surface area contributed by atoms with Gasteiger partial charge in [0.1, 0.15) is 11.5 Å². The van der Waals surface area contributed by atoms with E-state index in [-0.39, 0.29) is 31.0 Å². The van der Waals surface area contributed by atoms with Gasteiger partial charge in [0.05, 0.1) is 14.2 Å². The minimum Gasteiger partial charge on any atom is -0.870 e. The van der Waals surface area contributed by atoms with Gasteiger partial charge in [0.2, 0.25) is 0 Å². The average molecular weight is 520 g/mol. The molecule has 0 aliphatic heterocycles. The fourth-order valence-corrected chi connectivity index (χ4v) is 2.72. The molecule has 0 bridgehead atoms. The third-order valence-electron chi connectivity index (χ3n) is 4.43. The van der Waals surface area contributed by atoms with E-state index in [0.717, 1.165) is 0 Å². The van der Waals surface area contributed by atoms with Crippen LogP contribution in [-0.2, 0) is 19.5 Å². The summed E-state index contributed by atoms with van der Waals surface area (Å²) in [6.45, 7) is 0. The Bertz CT molecular complexity index is 1150. The van der Waals surface area contributed by atoms with Crippen molar-refractivity contribution in [1.82, 2.24) is 9.97 Å². The van der Waals surface area contributed by atoms with Crippen LogP contribution in [0.5, 0.6) is 23.0 Å². The van der Waals surface area contributed by atoms with Crippen molar-refractivity contribution >= 4 is 24.1 Å². The monoisotopic (exact) mass is 518 g/mol. The Morgan fingerprint density at radius 1 is 0.629 bits per heavy atom. The predicted octanol–water partition coefficient (Wildman–Crippen LogP) is 3.83. The van der Waals surface area contributed by atoms with Crippen molar-refractivity contribution in [2.45, 2.75) is 0 Å². The van der Waals surface area contributed by atoms with Gasteiger partial charge in [-0.1, -0.05) is 47.9 Å². The largest absolute Gasteiger partial charge is 2.00 e. The van der Waals surface area contributed by atoms with Gasteiger partial charge in [-0.05, 0) is 47.5 Å². The summed E-state index contributed by atoms with van der Waals surface area (Å²) in [4.78, 5) is 16.3. The Morgan fingerprint density at radius 2 is 1.06 bits per heavy atom. The Labute approximate surface area is 216 Å². The Morgan fingerprint density at radius 3 is 1.40 bits per heavy atom. The normalized spacial score (nSPS) is 10.3. The Hall–Kier alpha value is -4.10. The molecule has 0 unspecified atom stereocenters. The van der Waals surface area contributed by atoms with E-state index < -0.39 is 0 Å². The molecular formula is C26H22N4O4Zn. The van der Waals surface area contributed by atoms with Crippen molar-refractivity contribution < 1.29 is 39.2 Å². The first-order chi connectivity index (χ1) is 16.6. The molecule has 35 heavy (non-hydrogen) atoms. The standard InChI is InChI=1S/2C13H12N2O2.Zn/c2*1-17-11-6-4-5-10(13(11)16)9-15-12-7-2-3-8-14-12;/h2*2-9,16H,1H3;/q;;+2/p-2/b2*15-9+;. The predicted molar refractivity (Wildman–Crippen MR) is 128 cm³/mol. The Kier molecular flexibility index (Phi) is 11.0. The molecule has 4 aromatic rings. The second-order valence-corrected chi connectivity index (χ2v) is 6.65. The number of aromatic nitrogens is 2. The van der Waals surface area contributed by atoms with Gasteiger partial charge in [-0.3, -0.25) is 0 Å². The van der Waals surface area contributed by atoms with Gasteiger partial charge in [-0.15, -0.1) is 0 Å². The van der Waals surface area contributed by atoms with Crippen LogP contribution in [0, 0.1) is 0 Å². The van der Waals surface area contributed by atoms with Crippen LogP contribution in [0.1, 0.15) is 11.1 Å². The van der Waals surface area contributed by atoms with Gasteiger partial charge >= 0.3 is 19.5 Å². The maximum atomic E-state index is 11.8. The molecule has 0 saturated carbocycles. The number of hydrogen-bond donors (Lipinski definition) is 0. The van der Waals surface area contributed by atoms with Crippen LogP contribution in [-0.4, -0.2) is 36.6 Å². The number of benzene rings is 2. The number of rotatable bonds is 6. The van der Waals surface area contributed by atoms with E-state index >= 15 is 0 Å². The van der Waals surface area contributed by atoms with E-state index in [4.69, 9.17) is 9.47 Å². The van der Waals surface area contributed by atoms with Crippen LogP contribution in [0.15, 0.2) is 95.2 Å². The molecule has 2 aromatic carbocycles. The summed E-state index contributed by atoms with van der Waals surface area (Å²) in [6.07, 6.45) is 6.28. The van der Waals surface area contributed by atoms with Gasteiger partial charge in [-0.2, -0.15) is 0 Å². The quantitative estimate of drug-likeness (QED) is 0.282. The SMILES string of the molecule is COc1cccc(/C=N/c2ccccn2)c1[O-].COc1cccc(/C=N/c2ccccn2)c1[O-].[Zn+2]. The van der Waals surface area contributed by atoms with E-state index in [0.29, 0.717) is 34.3 Å². The topological polar surface area (TPSA) is 115 Å². The van der Waals surface area contributed by atoms with Gasteiger partial charge in [0.25, 0.3) is 0 Å². The molecule has 0 spiro atoms. The summed E-state index contributed by atoms with van der Waals surface area (Å²) in [5.74, 6) is 1.42. The molecule has 0 atom stereocenters. The molecule has 0 fully saturated rings. The second-order valence-electron chi connectivity index (χ2n) is 6.65. The van der Waals surface area contributed by atoms with Gasteiger partial charge < -0.3 is 19.7 Å². The van der Waals surface area contributed by atoms with Crippen molar-refractivity contribution in [3.8, 4) is 23.0 Å². The number of aliphatic imine (C=N–C) groups is 2. The molecule has 2 aromatic heterocycles. The summed E-state index contributed by atoms with van der Waals surface area (Å²) in [7, 11) is 2.94. The van der Waals surface area contributed by atoms with E-state index in [1.165, 1.54) is 26.6 Å². The third-order valence-corrected chi connectivity index (χ3v) is 4.43. The summed E-state index contributed by atoms with van der Waals surface area (Å²) >= 11 is 0. The summed E-state index contributed by atoms with van der Waals surface area (Å²) < 4.78 is 9.90. The fraction of sp³-hybridized carbons (Fsp3) is 0.0769. The molecule has 0 aliphatic rings. The molecule has 0 aliphatic carbocycles. The van der Waals surface area contributed by atoms with Crippen LogP contribution in [0.3, 0.4) is 0 Å².